The number of aliphatic hydroxyl groups excluding tert-OH is 1. The van der Waals surface area contributed by atoms with Gasteiger partial charge in [-0.1, -0.05) is 11.8 Å². The van der Waals surface area contributed by atoms with Gasteiger partial charge in [0, 0.05) is 36.4 Å². The molecule has 196 valence electrons. The normalized spacial score (nSPS) is 18.8. The van der Waals surface area contributed by atoms with Crippen LogP contribution in [0.2, 0.25) is 0 Å². The van der Waals surface area contributed by atoms with Gasteiger partial charge in [-0.25, -0.2) is 8.78 Å². The van der Waals surface area contributed by atoms with E-state index in [9.17, 15) is 13.9 Å². The highest BCUT2D eigenvalue weighted by molar-refractivity contribution is 5.84. The Bertz CT molecular complexity index is 1240. The Labute approximate surface area is 216 Å². The number of hydrogen-bond acceptors (Lipinski definition) is 6. The van der Waals surface area contributed by atoms with E-state index >= 15 is 0 Å². The summed E-state index contributed by atoms with van der Waals surface area (Å²) in [5.74, 6) is 5.85. The molecule has 2 aromatic carbocycles. The van der Waals surface area contributed by atoms with Crippen LogP contribution in [0.15, 0.2) is 48.7 Å². The molecule has 1 saturated heterocycles. The van der Waals surface area contributed by atoms with Crippen LogP contribution in [0.3, 0.4) is 0 Å². The van der Waals surface area contributed by atoms with Crippen LogP contribution < -0.4 is 10.2 Å². The van der Waals surface area contributed by atoms with E-state index in [0.29, 0.717) is 18.0 Å². The minimum absolute atomic E-state index is 0.0440. The summed E-state index contributed by atoms with van der Waals surface area (Å²) in [6.07, 6.45) is 4.49. The smallest absolute Gasteiger partial charge is 0.127 e. The van der Waals surface area contributed by atoms with Gasteiger partial charge in [0.2, 0.25) is 0 Å². The predicted molar refractivity (Wildman–Crippen MR) is 139 cm³/mol. The number of aliphatic hydroxyl groups is 1. The molecular formula is C29H33F2N3O3. The Kier molecular flexibility index (Phi) is 9.42. The molecular weight excluding hydrogens is 476 g/mol. The van der Waals surface area contributed by atoms with Crippen LogP contribution in [0.4, 0.5) is 8.78 Å². The van der Waals surface area contributed by atoms with Crippen molar-refractivity contribution in [3.05, 3.63) is 71.4 Å². The lowest BCUT2D eigenvalue weighted by Crippen LogP contribution is -2.42. The zero-order valence-electron chi connectivity index (χ0n) is 21.2. The third-order valence-corrected chi connectivity index (χ3v) is 7.05. The fourth-order valence-corrected chi connectivity index (χ4v) is 5.14. The molecule has 0 spiro atoms. The molecule has 0 radical (unpaired) electrons. The summed E-state index contributed by atoms with van der Waals surface area (Å²) >= 11 is 0. The average Bonchev–Trinajstić information content (AvgIpc) is 2.90. The molecule has 1 aromatic heterocycles. The van der Waals surface area contributed by atoms with Gasteiger partial charge < -0.3 is 14.7 Å². The first kappa shape index (κ1) is 27.0. The third kappa shape index (κ3) is 7.02. The van der Waals surface area contributed by atoms with Gasteiger partial charge in [0.05, 0.1) is 32.3 Å². The number of hydrogen-bond donors (Lipinski definition) is 2. The molecule has 1 aliphatic heterocycles. The van der Waals surface area contributed by atoms with E-state index in [-0.39, 0.29) is 18.6 Å². The lowest BCUT2D eigenvalue weighted by Gasteiger charge is -2.37. The average molecular weight is 510 g/mol. The Morgan fingerprint density at radius 2 is 1.95 bits per heavy atom. The molecule has 1 fully saturated rings. The number of likely N-dealkylation sites (tertiary alicyclic amines) is 1. The number of benzene rings is 2. The molecule has 0 aliphatic carbocycles. The van der Waals surface area contributed by atoms with Crippen molar-refractivity contribution < 1.29 is 23.5 Å². The van der Waals surface area contributed by atoms with Crippen molar-refractivity contribution in [2.24, 2.45) is 11.8 Å². The molecule has 2 heterocycles. The molecule has 8 heteroatoms. The van der Waals surface area contributed by atoms with Crippen molar-refractivity contribution in [2.75, 3.05) is 40.5 Å². The first-order valence-electron chi connectivity index (χ1n) is 12.5. The highest BCUT2D eigenvalue weighted by Crippen LogP contribution is 2.33. The second kappa shape index (κ2) is 12.9. The zero-order chi connectivity index (χ0) is 26.2. The van der Waals surface area contributed by atoms with Crippen LogP contribution in [0, 0.1) is 35.3 Å². The molecule has 0 bridgehead atoms. The molecule has 37 heavy (non-hydrogen) atoms. The minimum Gasteiger partial charge on any atom is -0.497 e. The zero-order valence-corrected chi connectivity index (χ0v) is 21.2. The van der Waals surface area contributed by atoms with Crippen LogP contribution in [0.5, 0.6) is 5.75 Å². The summed E-state index contributed by atoms with van der Waals surface area (Å²) in [6, 6.07) is 11.1. The van der Waals surface area contributed by atoms with Crippen molar-refractivity contribution in [2.45, 2.75) is 25.3 Å². The van der Waals surface area contributed by atoms with E-state index in [1.807, 2.05) is 30.5 Å². The van der Waals surface area contributed by atoms with Crippen LogP contribution in [0.1, 0.15) is 36.4 Å². The molecule has 0 amide bonds. The standard InChI is InChI=1S/C29H33F2N3O3/c1-36-25-6-8-28-27(17-25)26(9-11-32-28)29(33-37-2)7-5-21-10-13-34(18-22(21)19-35)12-3-4-20-14-23(30)16-24(31)15-20/h6,8-9,11,14-17,21-22,29,33,35H,5,7,10,12-13,18-19H2,1-2H3/t21-,22-,29+/m1/s1. The van der Waals surface area contributed by atoms with Crippen LogP contribution >= 0.6 is 0 Å². The number of nitrogens with zero attached hydrogens (tertiary/aromatic N) is 2. The van der Waals surface area contributed by atoms with E-state index in [2.05, 4.69) is 27.2 Å². The monoisotopic (exact) mass is 509 g/mol. The quantitative estimate of drug-likeness (QED) is 0.328. The second-order valence-electron chi connectivity index (χ2n) is 9.42. The second-order valence-corrected chi connectivity index (χ2v) is 9.42. The maximum Gasteiger partial charge on any atom is 0.127 e. The first-order valence-corrected chi connectivity index (χ1v) is 12.5. The molecule has 6 nitrogen and oxygen atoms in total. The fraction of sp³-hybridized carbons (Fsp3) is 0.414. The highest BCUT2D eigenvalue weighted by atomic mass is 19.1. The number of fused-ring (bicyclic) bond motifs is 1. The summed E-state index contributed by atoms with van der Waals surface area (Å²) in [4.78, 5) is 12.0. The van der Waals surface area contributed by atoms with Gasteiger partial charge in [0.1, 0.15) is 17.4 Å². The number of halogens is 2. The van der Waals surface area contributed by atoms with Gasteiger partial charge in [-0.15, -0.1) is 0 Å². The number of ether oxygens (including phenoxy) is 1. The maximum absolute atomic E-state index is 13.4. The van der Waals surface area contributed by atoms with Gasteiger partial charge in [0.15, 0.2) is 0 Å². The van der Waals surface area contributed by atoms with Gasteiger partial charge in [-0.05, 0) is 79.6 Å². The van der Waals surface area contributed by atoms with Crippen molar-refractivity contribution in [3.8, 4) is 17.6 Å². The van der Waals surface area contributed by atoms with Crippen LogP contribution in [-0.4, -0.2) is 55.5 Å². The topological polar surface area (TPSA) is 66.9 Å². The number of hydroxylamine groups is 1. The van der Waals surface area contributed by atoms with Gasteiger partial charge in [0.25, 0.3) is 0 Å². The first-order chi connectivity index (χ1) is 18.0. The number of aromatic nitrogens is 1. The van der Waals surface area contributed by atoms with Crippen molar-refractivity contribution in [1.82, 2.24) is 15.4 Å². The van der Waals surface area contributed by atoms with E-state index < -0.39 is 11.6 Å². The van der Waals surface area contributed by atoms with Crippen LogP contribution in [-0.2, 0) is 4.84 Å². The van der Waals surface area contributed by atoms with Crippen molar-refractivity contribution in [3.63, 3.8) is 0 Å². The van der Waals surface area contributed by atoms with E-state index in [4.69, 9.17) is 9.57 Å². The molecule has 1 aliphatic rings. The Morgan fingerprint density at radius 1 is 1.14 bits per heavy atom. The predicted octanol–water partition coefficient (Wildman–Crippen LogP) is 4.48. The third-order valence-electron chi connectivity index (χ3n) is 7.05. The molecule has 0 unspecified atom stereocenters. The summed E-state index contributed by atoms with van der Waals surface area (Å²) < 4.78 is 32.2. The summed E-state index contributed by atoms with van der Waals surface area (Å²) in [6.45, 7) is 2.16. The van der Waals surface area contributed by atoms with Gasteiger partial charge in [-0.2, -0.15) is 5.48 Å². The Balaban J connectivity index is 1.39. The van der Waals surface area contributed by atoms with Gasteiger partial charge in [-0.3, -0.25) is 9.88 Å². The molecule has 4 rings (SSSR count). The molecule has 0 saturated carbocycles. The Morgan fingerprint density at radius 3 is 2.68 bits per heavy atom. The lowest BCUT2D eigenvalue weighted by atomic mass is 9.81. The number of nitrogens with one attached hydrogen (secondary N) is 1. The molecule has 3 atom stereocenters. The van der Waals surface area contributed by atoms with Gasteiger partial charge >= 0.3 is 0 Å². The largest absolute Gasteiger partial charge is 0.497 e. The number of rotatable bonds is 9. The lowest BCUT2D eigenvalue weighted by molar-refractivity contribution is 0.0444. The SMILES string of the molecule is CON[C@@H](CC[C@@H]1CCN(CC#Cc2cc(F)cc(F)c2)C[C@@H]1CO)c1ccnc2ccc(OC)cc12. The highest BCUT2D eigenvalue weighted by Gasteiger charge is 2.29. The van der Waals surface area contributed by atoms with E-state index in [1.165, 1.54) is 12.1 Å². The fourth-order valence-electron chi connectivity index (χ4n) is 5.14. The molecule has 3 aromatic rings. The number of methoxy groups -OCH3 is 1. The number of piperidine rings is 1. The summed E-state index contributed by atoms with van der Waals surface area (Å²) in [5.41, 5.74) is 5.46. The number of pyridine rings is 1. The summed E-state index contributed by atoms with van der Waals surface area (Å²) in [5, 5.41) is 11.1. The molecule has 2 N–H and O–H groups in total. The Hall–Kier alpha value is -3.09. The van der Waals surface area contributed by atoms with Crippen molar-refractivity contribution in [1.29, 1.82) is 0 Å². The maximum atomic E-state index is 13.4. The van der Waals surface area contributed by atoms with Crippen molar-refractivity contribution >= 4 is 10.9 Å². The minimum atomic E-state index is -0.634. The van der Waals surface area contributed by atoms with E-state index in [0.717, 1.165) is 60.6 Å². The summed E-state index contributed by atoms with van der Waals surface area (Å²) in [7, 11) is 3.27. The van der Waals surface area contributed by atoms with Crippen LogP contribution in [0.25, 0.3) is 10.9 Å². The van der Waals surface area contributed by atoms with E-state index in [1.54, 1.807) is 14.2 Å².